The van der Waals surface area contributed by atoms with Crippen LogP contribution in [-0.2, 0) is 20.0 Å². The zero-order valence-corrected chi connectivity index (χ0v) is 39.6. The molecule has 0 radical (unpaired) electrons. The number of H-pyrrole nitrogens is 2. The third-order valence-corrected chi connectivity index (χ3v) is 12.7. The molecule has 6 heterocycles. The number of rotatable bonds is 8. The van der Waals surface area contributed by atoms with Crippen molar-refractivity contribution in [3.05, 3.63) is 124 Å². The zero-order valence-electron chi connectivity index (χ0n) is 36.5. The summed E-state index contributed by atoms with van der Waals surface area (Å²) in [4.78, 5) is 59.7. The highest BCUT2D eigenvalue weighted by Gasteiger charge is 2.32. The number of benzene rings is 2. The van der Waals surface area contributed by atoms with Gasteiger partial charge in [0.15, 0.2) is 11.3 Å². The standard InChI is InChI=1S/C21H24ClN5O4S.C13H18N4O.C8H8ClNO4S/c1-12-13(2)23-19-11-17(24-27(19)20(12)28)18-6-4-5-9-26(18)21(29)15-10-14(22)7-8-16(15)25-32(3,30)31;1-8-9(2)15-12-7-11(16-17(12)13(8)18)10-5-3-4-6-14-10;1-15(13,14)10-7-3-2-5(9)4-6(7)8(11)12/h7-8,10-11,18,24-25H,4-6,9H2,1-3H3;7,10,14,16H,3-6H2,1-2H3;2-4,10H,1H3,(H,11,12)/t18-;10-;/m00./s1. The average molecular weight is 974 g/mol. The average Bonchev–Trinajstić information content (AvgIpc) is 3.88. The van der Waals surface area contributed by atoms with Gasteiger partial charge in [-0.15, -0.1) is 0 Å². The molecule has 0 aliphatic carbocycles. The first-order valence-electron chi connectivity index (χ1n) is 20.5. The van der Waals surface area contributed by atoms with Gasteiger partial charge >= 0.3 is 5.97 Å². The molecule has 2 fully saturated rings. The first-order chi connectivity index (χ1) is 30.5. The number of halogens is 2. The van der Waals surface area contributed by atoms with Crippen molar-refractivity contribution in [3.63, 3.8) is 0 Å². The number of piperidine rings is 2. The Morgan fingerprint density at radius 1 is 0.708 bits per heavy atom. The van der Waals surface area contributed by atoms with Crippen LogP contribution in [0.5, 0.6) is 0 Å². The highest BCUT2D eigenvalue weighted by Crippen LogP contribution is 2.34. The van der Waals surface area contributed by atoms with Crippen molar-refractivity contribution in [1.29, 1.82) is 0 Å². The molecule has 2 aromatic carbocycles. The number of likely N-dealkylation sites (tertiary alicyclic amines) is 1. The highest BCUT2D eigenvalue weighted by molar-refractivity contribution is 7.92. The van der Waals surface area contributed by atoms with Gasteiger partial charge in [0, 0.05) is 57.3 Å². The maximum Gasteiger partial charge on any atom is 0.337 e. The molecule has 1 amide bonds. The SMILES string of the molecule is CS(=O)(=O)Nc1ccc(Cl)cc1C(=O)O.Cc1nc2cc([C@@H]3CCCCN3)[nH]n2c(=O)c1C.Cc1nc2cc([C@@H]3CCCCN3C(=O)c3cc(Cl)ccc3NS(C)(=O)=O)[nH]n2c(=O)c1C. The van der Waals surface area contributed by atoms with Gasteiger partial charge in [0.2, 0.25) is 20.0 Å². The van der Waals surface area contributed by atoms with Crippen molar-refractivity contribution < 1.29 is 31.5 Å². The van der Waals surface area contributed by atoms with E-state index in [-0.39, 0.29) is 50.6 Å². The summed E-state index contributed by atoms with van der Waals surface area (Å²) in [5.74, 6) is -1.58. The molecule has 2 atom stereocenters. The smallest absolute Gasteiger partial charge is 0.337 e. The van der Waals surface area contributed by atoms with Crippen LogP contribution >= 0.6 is 23.2 Å². The van der Waals surface area contributed by atoms with E-state index in [0.717, 1.165) is 49.7 Å². The Kier molecular flexibility index (Phi) is 14.8. The largest absolute Gasteiger partial charge is 0.478 e. The van der Waals surface area contributed by atoms with Crippen molar-refractivity contribution in [2.24, 2.45) is 0 Å². The molecule has 65 heavy (non-hydrogen) atoms. The lowest BCUT2D eigenvalue weighted by Gasteiger charge is -2.35. The van der Waals surface area contributed by atoms with E-state index in [4.69, 9.17) is 28.3 Å². The normalized spacial score (nSPS) is 16.6. The van der Waals surface area contributed by atoms with Crippen LogP contribution in [0.15, 0.2) is 58.1 Å². The fourth-order valence-electron chi connectivity index (χ4n) is 7.56. The molecule has 8 rings (SSSR count). The number of aryl methyl sites for hydroxylation is 2. The van der Waals surface area contributed by atoms with Crippen LogP contribution in [0.3, 0.4) is 0 Å². The highest BCUT2D eigenvalue weighted by atomic mass is 35.5. The number of nitrogens with one attached hydrogen (secondary N) is 5. The lowest BCUT2D eigenvalue weighted by Crippen LogP contribution is -2.39. The Morgan fingerprint density at radius 2 is 1.20 bits per heavy atom. The molecule has 6 N–H and O–H groups in total. The number of aromatic nitrogens is 6. The maximum absolute atomic E-state index is 13.6. The van der Waals surface area contributed by atoms with Gasteiger partial charge in [-0.3, -0.25) is 34.0 Å². The molecule has 348 valence electrons. The van der Waals surface area contributed by atoms with Crippen LogP contribution in [-0.4, -0.2) is 93.5 Å². The molecule has 0 spiro atoms. The summed E-state index contributed by atoms with van der Waals surface area (Å²) >= 11 is 11.7. The van der Waals surface area contributed by atoms with E-state index in [1.807, 2.05) is 19.9 Å². The monoisotopic (exact) mass is 972 g/mol. The van der Waals surface area contributed by atoms with Gasteiger partial charge in [0.25, 0.3) is 17.0 Å². The van der Waals surface area contributed by atoms with E-state index < -0.39 is 26.0 Å². The topological polar surface area (TPSA) is 262 Å². The number of carbonyl (C=O) groups excluding carboxylic acids is 1. The minimum absolute atomic E-state index is 0.000408. The third-order valence-electron chi connectivity index (χ3n) is 11.0. The zero-order chi connectivity index (χ0) is 47.5. The summed E-state index contributed by atoms with van der Waals surface area (Å²) in [7, 11) is -7.09. The van der Waals surface area contributed by atoms with Gasteiger partial charge in [-0.25, -0.2) is 40.6 Å². The van der Waals surface area contributed by atoms with Gasteiger partial charge in [-0.1, -0.05) is 29.6 Å². The number of hydrogen-bond donors (Lipinski definition) is 6. The summed E-state index contributed by atoms with van der Waals surface area (Å²) in [6.45, 7) is 8.74. The lowest BCUT2D eigenvalue weighted by molar-refractivity contribution is 0.0606. The van der Waals surface area contributed by atoms with E-state index >= 15 is 0 Å². The molecule has 19 nitrogen and oxygen atoms in total. The number of fused-ring (bicyclic) bond motifs is 2. The van der Waals surface area contributed by atoms with Crippen molar-refractivity contribution in [2.45, 2.75) is 78.3 Å². The van der Waals surface area contributed by atoms with Gasteiger partial charge in [-0.2, -0.15) is 0 Å². The Morgan fingerprint density at radius 3 is 1.71 bits per heavy atom. The first kappa shape index (κ1) is 48.7. The van der Waals surface area contributed by atoms with Gasteiger partial charge < -0.3 is 15.3 Å². The molecule has 0 bridgehead atoms. The summed E-state index contributed by atoms with van der Waals surface area (Å²) in [5, 5.41) is 19.1. The van der Waals surface area contributed by atoms with E-state index in [2.05, 4.69) is 34.9 Å². The predicted octanol–water partition coefficient (Wildman–Crippen LogP) is 5.90. The molecule has 2 saturated heterocycles. The van der Waals surface area contributed by atoms with Gasteiger partial charge in [0.05, 0.1) is 52.4 Å². The van der Waals surface area contributed by atoms with E-state index in [1.165, 1.54) is 53.8 Å². The first-order valence-corrected chi connectivity index (χ1v) is 25.0. The number of anilines is 2. The number of nitrogens with zero attached hydrogens (tertiary/aromatic N) is 5. The second-order valence-corrected chi connectivity index (χ2v) is 20.4. The number of carboxylic acids is 1. The van der Waals surface area contributed by atoms with Crippen molar-refractivity contribution in [2.75, 3.05) is 35.0 Å². The number of aromatic amines is 2. The second kappa shape index (κ2) is 19.8. The molecule has 6 aromatic rings. The summed E-state index contributed by atoms with van der Waals surface area (Å²) < 4.78 is 52.9. The Bertz CT molecular complexity index is 3140. The van der Waals surface area contributed by atoms with Crippen molar-refractivity contribution >= 4 is 77.8 Å². The number of amides is 1. The van der Waals surface area contributed by atoms with Crippen molar-refractivity contribution in [1.82, 2.24) is 39.4 Å². The number of aromatic carboxylic acids is 1. The minimum atomic E-state index is -3.59. The van der Waals surface area contributed by atoms with Crippen LogP contribution in [0.1, 0.15) is 105 Å². The third kappa shape index (κ3) is 11.8. The van der Waals surface area contributed by atoms with Crippen LogP contribution < -0.4 is 25.9 Å². The van der Waals surface area contributed by atoms with Crippen LogP contribution in [0.2, 0.25) is 10.0 Å². The van der Waals surface area contributed by atoms with Crippen LogP contribution in [0.25, 0.3) is 11.3 Å². The fourth-order valence-corrected chi connectivity index (χ4v) is 9.06. The Balaban J connectivity index is 0.000000179. The summed E-state index contributed by atoms with van der Waals surface area (Å²) in [6.07, 6.45) is 7.95. The lowest BCUT2D eigenvalue weighted by atomic mass is 9.98. The van der Waals surface area contributed by atoms with Crippen LogP contribution in [0.4, 0.5) is 11.4 Å². The number of sulfonamides is 2. The summed E-state index contributed by atoms with van der Waals surface area (Å²) in [6, 6.07) is 12.1. The molecular weight excluding hydrogens is 924 g/mol. The molecule has 2 aliphatic rings. The van der Waals surface area contributed by atoms with Crippen molar-refractivity contribution in [3.8, 4) is 0 Å². The number of hydrogen-bond acceptors (Lipinski definition) is 11. The van der Waals surface area contributed by atoms with Gasteiger partial charge in [-0.05, 0) is 103 Å². The molecular formula is C42H50Cl2N10O9S2. The van der Waals surface area contributed by atoms with Crippen LogP contribution in [0, 0.1) is 27.7 Å². The molecule has 0 saturated carbocycles. The Hall–Kier alpha value is -5.74. The van der Waals surface area contributed by atoms with E-state index in [1.54, 1.807) is 29.3 Å². The van der Waals surface area contributed by atoms with Gasteiger partial charge in [0.1, 0.15) is 0 Å². The molecule has 23 heteroatoms. The molecule has 4 aromatic heterocycles. The molecule has 0 unspecified atom stereocenters. The quantitative estimate of drug-likeness (QED) is 0.104. The number of carbonyl (C=O) groups is 2. The second-order valence-electron chi connectivity index (χ2n) is 16.0. The minimum Gasteiger partial charge on any atom is -0.478 e. The Labute approximate surface area is 384 Å². The fraction of sp³-hybridized carbons (Fsp3) is 0.381. The predicted molar refractivity (Wildman–Crippen MR) is 250 cm³/mol. The summed E-state index contributed by atoms with van der Waals surface area (Å²) in [5.41, 5.74) is 5.68. The van der Waals surface area contributed by atoms with E-state index in [0.29, 0.717) is 57.8 Å². The van der Waals surface area contributed by atoms with E-state index in [9.17, 15) is 36.0 Å². The molecule has 2 aliphatic heterocycles. The maximum atomic E-state index is 13.6. The number of carboxylic acid groups (broad SMARTS) is 1.